The quantitative estimate of drug-likeness (QED) is 0.865. The molecule has 0 aliphatic carbocycles. The van der Waals surface area contributed by atoms with Crippen molar-refractivity contribution in [3.8, 4) is 11.5 Å². The van der Waals surface area contributed by atoms with Crippen molar-refractivity contribution in [3.63, 3.8) is 0 Å². The van der Waals surface area contributed by atoms with E-state index in [9.17, 15) is 5.11 Å². The van der Waals surface area contributed by atoms with Gasteiger partial charge in [-0.05, 0) is 31.8 Å². The van der Waals surface area contributed by atoms with E-state index in [1.807, 2.05) is 32.3 Å². The Morgan fingerprint density at radius 1 is 1.32 bits per heavy atom. The Labute approximate surface area is 131 Å². The topological polar surface area (TPSA) is 54.4 Å². The van der Waals surface area contributed by atoms with E-state index in [1.165, 1.54) is 0 Å². The summed E-state index contributed by atoms with van der Waals surface area (Å²) in [7, 11) is 4.09. The van der Waals surface area contributed by atoms with Gasteiger partial charge in [0, 0.05) is 26.2 Å². The zero-order chi connectivity index (χ0) is 15.5. The normalized spacial score (nSPS) is 23.0. The van der Waals surface area contributed by atoms with E-state index in [-0.39, 0.29) is 12.9 Å². The van der Waals surface area contributed by atoms with Gasteiger partial charge >= 0.3 is 0 Å². The number of morpholine rings is 1. The molecule has 122 valence electrons. The van der Waals surface area contributed by atoms with E-state index < -0.39 is 6.10 Å². The first kappa shape index (κ1) is 15.6. The van der Waals surface area contributed by atoms with Gasteiger partial charge < -0.3 is 24.2 Å². The lowest BCUT2D eigenvalue weighted by atomic mass is 10.1. The van der Waals surface area contributed by atoms with Crippen LogP contribution in [-0.4, -0.2) is 74.7 Å². The largest absolute Gasteiger partial charge is 0.454 e. The first-order valence-corrected chi connectivity index (χ1v) is 7.68. The highest BCUT2D eigenvalue weighted by molar-refractivity contribution is 5.45. The van der Waals surface area contributed by atoms with Gasteiger partial charge in [0.05, 0.1) is 18.8 Å². The Balaban J connectivity index is 1.58. The number of hydrogen-bond donors (Lipinski definition) is 1. The second kappa shape index (κ2) is 6.83. The van der Waals surface area contributed by atoms with Gasteiger partial charge in [0.1, 0.15) is 0 Å². The lowest BCUT2D eigenvalue weighted by molar-refractivity contribution is -0.0489. The predicted octanol–water partition coefficient (Wildman–Crippen LogP) is 0.711. The van der Waals surface area contributed by atoms with Crippen LogP contribution in [0.4, 0.5) is 0 Å². The average Bonchev–Trinajstić information content (AvgIpc) is 2.94. The number of rotatable bonds is 5. The molecule has 1 fully saturated rings. The van der Waals surface area contributed by atoms with Crippen molar-refractivity contribution in [1.82, 2.24) is 9.80 Å². The minimum atomic E-state index is -0.535. The highest BCUT2D eigenvalue weighted by atomic mass is 16.7. The third kappa shape index (κ3) is 3.70. The number of aliphatic hydroxyl groups excluding tert-OH is 1. The van der Waals surface area contributed by atoms with Crippen molar-refractivity contribution in [2.45, 2.75) is 12.2 Å². The van der Waals surface area contributed by atoms with Crippen LogP contribution in [-0.2, 0) is 4.74 Å². The van der Waals surface area contributed by atoms with Gasteiger partial charge in [-0.1, -0.05) is 6.07 Å². The smallest absolute Gasteiger partial charge is 0.231 e. The van der Waals surface area contributed by atoms with Crippen LogP contribution >= 0.6 is 0 Å². The van der Waals surface area contributed by atoms with Gasteiger partial charge in [-0.15, -0.1) is 0 Å². The summed E-state index contributed by atoms with van der Waals surface area (Å²) >= 11 is 0. The van der Waals surface area contributed by atoms with Crippen molar-refractivity contribution in [2.75, 3.05) is 53.7 Å². The number of aliphatic hydroxyl groups is 1. The average molecular weight is 308 g/mol. The van der Waals surface area contributed by atoms with E-state index in [2.05, 4.69) is 9.80 Å². The summed E-state index contributed by atoms with van der Waals surface area (Å²) in [5.41, 5.74) is 0.861. The fraction of sp³-hybridized carbons (Fsp3) is 0.625. The van der Waals surface area contributed by atoms with Crippen molar-refractivity contribution >= 4 is 0 Å². The fourth-order valence-electron chi connectivity index (χ4n) is 2.93. The maximum absolute atomic E-state index is 10.5. The molecule has 3 rings (SSSR count). The molecule has 0 radical (unpaired) electrons. The molecule has 2 heterocycles. The van der Waals surface area contributed by atoms with Gasteiger partial charge in [-0.2, -0.15) is 0 Å². The predicted molar refractivity (Wildman–Crippen MR) is 82.3 cm³/mol. The van der Waals surface area contributed by atoms with E-state index in [1.54, 1.807) is 0 Å². The van der Waals surface area contributed by atoms with Crippen LogP contribution in [0.5, 0.6) is 11.5 Å². The molecule has 2 aliphatic rings. The molecule has 1 aromatic rings. The van der Waals surface area contributed by atoms with Gasteiger partial charge in [-0.25, -0.2) is 0 Å². The molecule has 0 unspecified atom stereocenters. The third-order valence-electron chi connectivity index (χ3n) is 4.00. The summed E-state index contributed by atoms with van der Waals surface area (Å²) in [6, 6.07) is 5.62. The van der Waals surface area contributed by atoms with Crippen molar-refractivity contribution in [3.05, 3.63) is 23.8 Å². The number of likely N-dealkylation sites (N-methyl/N-ethyl adjacent to an activating group) is 1. The van der Waals surface area contributed by atoms with Crippen molar-refractivity contribution in [2.24, 2.45) is 0 Å². The lowest BCUT2D eigenvalue weighted by Crippen LogP contribution is -2.47. The standard InChI is InChI=1S/C16H24N2O4/c1-17(2)8-13-9-18(5-6-20-13)10-14(19)12-3-4-15-16(7-12)22-11-21-15/h3-4,7,13-14,19H,5-6,8-11H2,1-2H3/t13-,14+/m0/s1. The minimum absolute atomic E-state index is 0.202. The summed E-state index contributed by atoms with van der Waals surface area (Å²) in [5.74, 6) is 1.46. The van der Waals surface area contributed by atoms with E-state index in [0.717, 1.165) is 30.9 Å². The maximum Gasteiger partial charge on any atom is 0.231 e. The van der Waals surface area contributed by atoms with Crippen LogP contribution in [0.1, 0.15) is 11.7 Å². The van der Waals surface area contributed by atoms with Crippen LogP contribution in [0.15, 0.2) is 18.2 Å². The summed E-state index contributed by atoms with van der Waals surface area (Å²) in [6.45, 7) is 4.17. The fourth-order valence-corrected chi connectivity index (χ4v) is 2.93. The second-order valence-electron chi connectivity index (χ2n) is 6.14. The summed E-state index contributed by atoms with van der Waals surface area (Å²) in [6.07, 6.45) is -0.333. The van der Waals surface area contributed by atoms with Crippen LogP contribution in [0.3, 0.4) is 0 Å². The molecule has 0 saturated carbocycles. The number of β-amino-alcohol motifs (C(OH)–C–C–N with tert-alkyl or cyclic N) is 1. The number of benzene rings is 1. The Bertz CT molecular complexity index is 509. The molecule has 0 bridgehead atoms. The van der Waals surface area contributed by atoms with Gasteiger partial charge in [0.15, 0.2) is 11.5 Å². The Morgan fingerprint density at radius 3 is 2.95 bits per heavy atom. The van der Waals surface area contributed by atoms with Crippen LogP contribution in [0, 0.1) is 0 Å². The molecule has 0 aromatic heterocycles. The van der Waals surface area contributed by atoms with Crippen LogP contribution in [0.25, 0.3) is 0 Å². The van der Waals surface area contributed by atoms with Gasteiger partial charge in [0.25, 0.3) is 0 Å². The summed E-state index contributed by atoms with van der Waals surface area (Å²) in [5, 5.41) is 10.5. The summed E-state index contributed by atoms with van der Waals surface area (Å²) in [4.78, 5) is 4.38. The van der Waals surface area contributed by atoms with E-state index in [0.29, 0.717) is 18.9 Å². The maximum atomic E-state index is 10.5. The number of hydrogen-bond acceptors (Lipinski definition) is 6. The molecule has 22 heavy (non-hydrogen) atoms. The molecule has 0 amide bonds. The SMILES string of the molecule is CN(C)C[C@H]1CN(C[C@@H](O)c2ccc3c(c2)OCO3)CCO1. The molecule has 1 N–H and O–H groups in total. The Morgan fingerprint density at radius 2 is 2.14 bits per heavy atom. The zero-order valence-electron chi connectivity index (χ0n) is 13.2. The van der Waals surface area contributed by atoms with E-state index in [4.69, 9.17) is 14.2 Å². The molecule has 2 atom stereocenters. The molecule has 1 aromatic carbocycles. The molecule has 6 nitrogen and oxygen atoms in total. The monoisotopic (exact) mass is 308 g/mol. The molecule has 0 spiro atoms. The summed E-state index contributed by atoms with van der Waals surface area (Å²) < 4.78 is 16.4. The lowest BCUT2D eigenvalue weighted by Gasteiger charge is -2.35. The Hall–Kier alpha value is -1.34. The number of fused-ring (bicyclic) bond motifs is 1. The molecular weight excluding hydrogens is 284 g/mol. The van der Waals surface area contributed by atoms with Crippen LogP contribution in [0.2, 0.25) is 0 Å². The van der Waals surface area contributed by atoms with Gasteiger partial charge in [0.2, 0.25) is 6.79 Å². The van der Waals surface area contributed by atoms with Crippen molar-refractivity contribution < 1.29 is 19.3 Å². The first-order valence-electron chi connectivity index (χ1n) is 7.68. The molecule has 1 saturated heterocycles. The highest BCUT2D eigenvalue weighted by Gasteiger charge is 2.24. The zero-order valence-corrected chi connectivity index (χ0v) is 13.2. The first-order chi connectivity index (χ1) is 10.6. The number of ether oxygens (including phenoxy) is 3. The van der Waals surface area contributed by atoms with Gasteiger partial charge in [-0.3, -0.25) is 4.90 Å². The van der Waals surface area contributed by atoms with Crippen molar-refractivity contribution in [1.29, 1.82) is 0 Å². The third-order valence-corrected chi connectivity index (χ3v) is 4.00. The minimum Gasteiger partial charge on any atom is -0.454 e. The number of nitrogens with zero attached hydrogens (tertiary/aromatic N) is 2. The second-order valence-corrected chi connectivity index (χ2v) is 6.14. The molecule has 2 aliphatic heterocycles. The molecular formula is C16H24N2O4. The molecule has 6 heteroatoms. The highest BCUT2D eigenvalue weighted by Crippen LogP contribution is 2.34. The van der Waals surface area contributed by atoms with E-state index >= 15 is 0 Å². The van der Waals surface area contributed by atoms with Crippen LogP contribution < -0.4 is 9.47 Å². The Kier molecular flexibility index (Phi) is 4.83.